The van der Waals surface area contributed by atoms with E-state index in [2.05, 4.69) is 54.1 Å². The molecule has 1 aliphatic rings. The molecule has 3 nitrogen and oxygen atoms in total. The number of aryl methyl sites for hydroxylation is 1. The molecule has 0 amide bonds. The summed E-state index contributed by atoms with van der Waals surface area (Å²) in [5.41, 5.74) is 7.39. The van der Waals surface area contributed by atoms with E-state index >= 15 is 0 Å². The quantitative estimate of drug-likeness (QED) is 0.861. The number of hydrogen-bond acceptors (Lipinski definition) is 3. The SMILES string of the molecule is CCN1C(N)=NCC1(C)CCc1ccccc1. The molecular formula is C14H21N3. The van der Waals surface area contributed by atoms with E-state index in [1.54, 1.807) is 0 Å². The lowest BCUT2D eigenvalue weighted by atomic mass is 9.92. The fourth-order valence-electron chi connectivity index (χ4n) is 2.51. The number of nitrogens with zero attached hydrogens (tertiary/aromatic N) is 2. The lowest BCUT2D eigenvalue weighted by molar-refractivity contribution is 0.216. The molecule has 92 valence electrons. The van der Waals surface area contributed by atoms with Gasteiger partial charge in [0.15, 0.2) is 5.96 Å². The van der Waals surface area contributed by atoms with Gasteiger partial charge >= 0.3 is 0 Å². The molecule has 17 heavy (non-hydrogen) atoms. The zero-order chi connectivity index (χ0) is 12.3. The van der Waals surface area contributed by atoms with Crippen LogP contribution in [0.1, 0.15) is 25.8 Å². The van der Waals surface area contributed by atoms with E-state index < -0.39 is 0 Å². The van der Waals surface area contributed by atoms with Gasteiger partial charge in [0.05, 0.1) is 12.1 Å². The Morgan fingerprint density at radius 2 is 2.06 bits per heavy atom. The van der Waals surface area contributed by atoms with Crippen LogP contribution in [0, 0.1) is 0 Å². The molecule has 0 aromatic heterocycles. The highest BCUT2D eigenvalue weighted by atomic mass is 15.3. The third kappa shape index (κ3) is 2.43. The molecule has 0 aliphatic carbocycles. The van der Waals surface area contributed by atoms with Crippen LogP contribution in [0.2, 0.25) is 0 Å². The van der Waals surface area contributed by atoms with E-state index in [0.717, 1.165) is 25.9 Å². The third-order valence-corrected chi connectivity index (χ3v) is 3.62. The van der Waals surface area contributed by atoms with Gasteiger partial charge in [0.2, 0.25) is 0 Å². The summed E-state index contributed by atoms with van der Waals surface area (Å²) in [6, 6.07) is 10.6. The molecular weight excluding hydrogens is 210 g/mol. The zero-order valence-electron chi connectivity index (χ0n) is 10.7. The number of guanidine groups is 1. The summed E-state index contributed by atoms with van der Waals surface area (Å²) >= 11 is 0. The van der Waals surface area contributed by atoms with Crippen molar-refractivity contribution in [1.82, 2.24) is 4.90 Å². The molecule has 1 aromatic rings. The van der Waals surface area contributed by atoms with Crippen molar-refractivity contribution in [2.24, 2.45) is 10.7 Å². The normalized spacial score (nSPS) is 23.9. The standard InChI is InChI=1S/C14H21N3/c1-3-17-13(15)16-11-14(17,2)10-9-12-7-5-4-6-8-12/h4-8H,3,9-11H2,1-2H3,(H2,15,16). The van der Waals surface area contributed by atoms with Crippen LogP contribution in [-0.2, 0) is 6.42 Å². The molecule has 1 unspecified atom stereocenters. The molecule has 0 saturated heterocycles. The first-order valence-electron chi connectivity index (χ1n) is 6.27. The average molecular weight is 231 g/mol. The lowest BCUT2D eigenvalue weighted by Crippen LogP contribution is -2.49. The molecule has 0 spiro atoms. The molecule has 0 radical (unpaired) electrons. The monoisotopic (exact) mass is 231 g/mol. The van der Waals surface area contributed by atoms with E-state index in [-0.39, 0.29) is 5.54 Å². The van der Waals surface area contributed by atoms with E-state index in [1.165, 1.54) is 5.56 Å². The Bertz CT molecular complexity index is 399. The average Bonchev–Trinajstić information content (AvgIpc) is 2.64. The molecule has 1 aromatic carbocycles. The highest BCUT2D eigenvalue weighted by molar-refractivity contribution is 5.80. The van der Waals surface area contributed by atoms with Crippen molar-refractivity contribution in [2.75, 3.05) is 13.1 Å². The molecule has 2 rings (SSSR count). The number of hydrogen-bond donors (Lipinski definition) is 1. The van der Waals surface area contributed by atoms with Gasteiger partial charge in [0.1, 0.15) is 0 Å². The third-order valence-electron chi connectivity index (χ3n) is 3.62. The van der Waals surface area contributed by atoms with Crippen LogP contribution in [0.4, 0.5) is 0 Å². The van der Waals surface area contributed by atoms with Gasteiger partial charge in [-0.05, 0) is 32.3 Å². The molecule has 2 N–H and O–H groups in total. The first-order valence-corrected chi connectivity index (χ1v) is 6.27. The molecule has 1 aliphatic heterocycles. The Labute approximate surface area is 103 Å². The highest BCUT2D eigenvalue weighted by Gasteiger charge is 2.36. The maximum absolute atomic E-state index is 5.91. The molecule has 0 bridgehead atoms. The molecule has 0 fully saturated rings. The second-order valence-electron chi connectivity index (χ2n) is 4.90. The Morgan fingerprint density at radius 1 is 1.35 bits per heavy atom. The number of likely N-dealkylation sites (N-methyl/N-ethyl adjacent to an activating group) is 1. The second-order valence-corrected chi connectivity index (χ2v) is 4.90. The Balaban J connectivity index is 1.99. The van der Waals surface area contributed by atoms with Gasteiger partial charge in [-0.2, -0.15) is 0 Å². The minimum absolute atomic E-state index is 0.0919. The predicted molar refractivity (Wildman–Crippen MR) is 72.0 cm³/mol. The summed E-state index contributed by atoms with van der Waals surface area (Å²) in [6.07, 6.45) is 2.17. The van der Waals surface area contributed by atoms with Crippen LogP contribution >= 0.6 is 0 Å². The Kier molecular flexibility index (Phi) is 3.36. The van der Waals surface area contributed by atoms with Crippen molar-refractivity contribution in [2.45, 2.75) is 32.2 Å². The zero-order valence-corrected chi connectivity index (χ0v) is 10.7. The van der Waals surface area contributed by atoms with Gasteiger partial charge in [0.25, 0.3) is 0 Å². The van der Waals surface area contributed by atoms with Gasteiger partial charge < -0.3 is 10.6 Å². The molecule has 3 heteroatoms. The maximum atomic E-state index is 5.91. The van der Waals surface area contributed by atoms with E-state index in [0.29, 0.717) is 5.96 Å². The predicted octanol–water partition coefficient (Wildman–Crippen LogP) is 2.03. The molecule has 0 saturated carbocycles. The van der Waals surface area contributed by atoms with Crippen LogP contribution in [0.25, 0.3) is 0 Å². The number of aliphatic imine (C=N–C) groups is 1. The summed E-state index contributed by atoms with van der Waals surface area (Å²) in [5, 5.41) is 0. The summed E-state index contributed by atoms with van der Waals surface area (Å²) in [4.78, 5) is 6.59. The van der Waals surface area contributed by atoms with Crippen LogP contribution in [-0.4, -0.2) is 29.5 Å². The lowest BCUT2D eigenvalue weighted by Gasteiger charge is -2.35. The Hall–Kier alpha value is -1.51. The van der Waals surface area contributed by atoms with Gasteiger partial charge in [-0.15, -0.1) is 0 Å². The van der Waals surface area contributed by atoms with Gasteiger partial charge in [0, 0.05) is 6.54 Å². The molecule has 1 atom stereocenters. The van der Waals surface area contributed by atoms with Crippen LogP contribution < -0.4 is 5.73 Å². The van der Waals surface area contributed by atoms with Crippen molar-refractivity contribution in [3.05, 3.63) is 35.9 Å². The fraction of sp³-hybridized carbons (Fsp3) is 0.500. The summed E-state index contributed by atoms with van der Waals surface area (Å²) in [6.45, 7) is 6.14. The van der Waals surface area contributed by atoms with Crippen molar-refractivity contribution < 1.29 is 0 Å². The topological polar surface area (TPSA) is 41.6 Å². The molecule has 1 heterocycles. The summed E-state index contributed by atoms with van der Waals surface area (Å²) in [5.74, 6) is 0.697. The smallest absolute Gasteiger partial charge is 0.191 e. The van der Waals surface area contributed by atoms with Gasteiger partial charge in [-0.1, -0.05) is 30.3 Å². The van der Waals surface area contributed by atoms with Crippen molar-refractivity contribution >= 4 is 5.96 Å². The maximum Gasteiger partial charge on any atom is 0.191 e. The van der Waals surface area contributed by atoms with Gasteiger partial charge in [-0.25, -0.2) is 0 Å². The fourth-order valence-corrected chi connectivity index (χ4v) is 2.51. The van der Waals surface area contributed by atoms with E-state index in [1.807, 2.05) is 0 Å². The van der Waals surface area contributed by atoms with Crippen LogP contribution in [0.5, 0.6) is 0 Å². The number of benzene rings is 1. The summed E-state index contributed by atoms with van der Waals surface area (Å²) in [7, 11) is 0. The van der Waals surface area contributed by atoms with Crippen molar-refractivity contribution in [3.8, 4) is 0 Å². The second kappa shape index (κ2) is 4.78. The highest BCUT2D eigenvalue weighted by Crippen LogP contribution is 2.26. The van der Waals surface area contributed by atoms with E-state index in [4.69, 9.17) is 5.73 Å². The summed E-state index contributed by atoms with van der Waals surface area (Å²) < 4.78 is 0. The first kappa shape index (κ1) is 12.0. The minimum Gasteiger partial charge on any atom is -0.370 e. The van der Waals surface area contributed by atoms with Crippen LogP contribution in [0.3, 0.4) is 0 Å². The van der Waals surface area contributed by atoms with Crippen molar-refractivity contribution in [1.29, 1.82) is 0 Å². The van der Waals surface area contributed by atoms with E-state index in [9.17, 15) is 0 Å². The van der Waals surface area contributed by atoms with Crippen LogP contribution in [0.15, 0.2) is 35.3 Å². The minimum atomic E-state index is 0.0919. The number of rotatable bonds is 4. The Morgan fingerprint density at radius 3 is 2.71 bits per heavy atom. The largest absolute Gasteiger partial charge is 0.370 e. The first-order chi connectivity index (χ1) is 8.15. The van der Waals surface area contributed by atoms with Crippen molar-refractivity contribution in [3.63, 3.8) is 0 Å². The van der Waals surface area contributed by atoms with Gasteiger partial charge in [-0.3, -0.25) is 4.99 Å². The number of nitrogens with two attached hydrogens (primary N) is 1.